The SMILES string of the molecule is C=C(CC1(CC)CC1)N(C1=CC=CCC1)C(C)c1ccccc1. The molecule has 1 saturated carbocycles. The molecule has 0 bridgehead atoms. The Morgan fingerprint density at radius 3 is 2.57 bits per heavy atom. The van der Waals surface area contributed by atoms with Crippen LogP contribution in [0, 0.1) is 5.41 Å². The highest BCUT2D eigenvalue weighted by Crippen LogP contribution is 2.54. The van der Waals surface area contributed by atoms with Crippen LogP contribution in [-0.2, 0) is 0 Å². The van der Waals surface area contributed by atoms with Crippen molar-refractivity contribution in [2.24, 2.45) is 5.41 Å². The summed E-state index contributed by atoms with van der Waals surface area (Å²) in [4.78, 5) is 2.51. The van der Waals surface area contributed by atoms with Gasteiger partial charge in [0.05, 0.1) is 6.04 Å². The highest BCUT2D eigenvalue weighted by molar-refractivity contribution is 5.27. The largest absolute Gasteiger partial charge is 0.342 e. The van der Waals surface area contributed by atoms with Crippen molar-refractivity contribution in [1.82, 2.24) is 4.90 Å². The third-order valence-corrected chi connectivity index (χ3v) is 5.60. The maximum Gasteiger partial charge on any atom is 0.0556 e. The summed E-state index contributed by atoms with van der Waals surface area (Å²) in [7, 11) is 0. The van der Waals surface area contributed by atoms with Gasteiger partial charge in [0.1, 0.15) is 0 Å². The fourth-order valence-electron chi connectivity index (χ4n) is 3.75. The molecule has 122 valence electrons. The molecule has 0 radical (unpaired) electrons. The molecule has 0 aromatic heterocycles. The molecule has 0 amide bonds. The predicted octanol–water partition coefficient (Wildman–Crippen LogP) is 6.38. The Morgan fingerprint density at radius 2 is 2.00 bits per heavy atom. The van der Waals surface area contributed by atoms with Gasteiger partial charge in [0.25, 0.3) is 0 Å². The number of nitrogens with zero attached hydrogens (tertiary/aromatic N) is 1. The molecule has 1 fully saturated rings. The van der Waals surface area contributed by atoms with Crippen molar-refractivity contribution in [3.63, 3.8) is 0 Å². The summed E-state index contributed by atoms with van der Waals surface area (Å²) in [5.41, 5.74) is 4.62. The second-order valence-corrected chi connectivity index (χ2v) is 7.18. The molecule has 1 aromatic carbocycles. The monoisotopic (exact) mass is 307 g/mol. The summed E-state index contributed by atoms with van der Waals surface area (Å²) in [6.45, 7) is 9.15. The summed E-state index contributed by atoms with van der Waals surface area (Å²) in [6.07, 6.45) is 14.1. The van der Waals surface area contributed by atoms with E-state index in [4.69, 9.17) is 0 Å². The Bertz CT molecular complexity index is 604. The molecule has 1 atom stereocenters. The molecule has 0 heterocycles. The fraction of sp³-hybridized carbons (Fsp3) is 0.455. The molecule has 2 aliphatic carbocycles. The van der Waals surface area contributed by atoms with E-state index in [1.807, 2.05) is 0 Å². The van der Waals surface area contributed by atoms with E-state index in [0.717, 1.165) is 19.3 Å². The van der Waals surface area contributed by atoms with Crippen molar-refractivity contribution in [3.8, 4) is 0 Å². The highest BCUT2D eigenvalue weighted by Gasteiger charge is 2.42. The lowest BCUT2D eigenvalue weighted by atomic mass is 9.94. The first-order valence-electron chi connectivity index (χ1n) is 9.03. The highest BCUT2D eigenvalue weighted by atomic mass is 15.2. The zero-order valence-corrected chi connectivity index (χ0v) is 14.6. The number of rotatable bonds is 7. The van der Waals surface area contributed by atoms with Crippen molar-refractivity contribution in [2.75, 3.05) is 0 Å². The summed E-state index contributed by atoms with van der Waals surface area (Å²) in [5, 5.41) is 0. The van der Waals surface area contributed by atoms with Gasteiger partial charge in [-0.2, -0.15) is 0 Å². The van der Waals surface area contributed by atoms with Crippen LogP contribution in [0.4, 0.5) is 0 Å². The van der Waals surface area contributed by atoms with Crippen molar-refractivity contribution >= 4 is 0 Å². The number of benzene rings is 1. The molecule has 0 spiro atoms. The summed E-state index contributed by atoms with van der Waals surface area (Å²) in [5.74, 6) is 0. The zero-order valence-electron chi connectivity index (χ0n) is 14.6. The smallest absolute Gasteiger partial charge is 0.0556 e. The number of hydrogen-bond acceptors (Lipinski definition) is 1. The van der Waals surface area contributed by atoms with Gasteiger partial charge in [0.2, 0.25) is 0 Å². The quantitative estimate of drug-likeness (QED) is 0.565. The summed E-state index contributed by atoms with van der Waals surface area (Å²) < 4.78 is 0. The maximum absolute atomic E-state index is 4.51. The van der Waals surface area contributed by atoms with Crippen molar-refractivity contribution < 1.29 is 0 Å². The van der Waals surface area contributed by atoms with E-state index in [1.54, 1.807) is 0 Å². The minimum absolute atomic E-state index is 0.342. The molecule has 1 heteroatoms. The molecule has 0 saturated heterocycles. The van der Waals surface area contributed by atoms with Gasteiger partial charge in [-0.05, 0) is 56.1 Å². The third-order valence-electron chi connectivity index (χ3n) is 5.60. The number of allylic oxidation sites excluding steroid dienone is 5. The van der Waals surface area contributed by atoms with E-state index in [1.165, 1.54) is 36.2 Å². The van der Waals surface area contributed by atoms with E-state index in [0.29, 0.717) is 11.5 Å². The van der Waals surface area contributed by atoms with E-state index in [2.05, 4.69) is 73.9 Å². The second-order valence-electron chi connectivity index (χ2n) is 7.18. The normalized spacial score (nSPS) is 19.8. The van der Waals surface area contributed by atoms with E-state index in [-0.39, 0.29) is 0 Å². The van der Waals surface area contributed by atoms with E-state index in [9.17, 15) is 0 Å². The van der Waals surface area contributed by atoms with Crippen LogP contribution in [0.15, 0.2) is 66.5 Å². The molecular weight excluding hydrogens is 278 g/mol. The lowest BCUT2D eigenvalue weighted by molar-refractivity contribution is 0.295. The summed E-state index contributed by atoms with van der Waals surface area (Å²) >= 11 is 0. The van der Waals surface area contributed by atoms with Gasteiger partial charge in [-0.3, -0.25) is 0 Å². The molecule has 0 N–H and O–H groups in total. The van der Waals surface area contributed by atoms with Crippen LogP contribution in [-0.4, -0.2) is 4.90 Å². The van der Waals surface area contributed by atoms with Crippen molar-refractivity contribution in [1.29, 1.82) is 0 Å². The third kappa shape index (κ3) is 3.60. The molecule has 0 aliphatic heterocycles. The Labute approximate surface area is 141 Å². The Kier molecular flexibility index (Phi) is 4.75. The first-order chi connectivity index (χ1) is 11.2. The molecule has 1 nitrogen and oxygen atoms in total. The number of hydrogen-bond donors (Lipinski definition) is 0. The average molecular weight is 307 g/mol. The van der Waals surface area contributed by atoms with Gasteiger partial charge in [-0.25, -0.2) is 0 Å². The van der Waals surface area contributed by atoms with Gasteiger partial charge in [-0.15, -0.1) is 0 Å². The molecule has 23 heavy (non-hydrogen) atoms. The lowest BCUT2D eigenvalue weighted by Gasteiger charge is -2.37. The van der Waals surface area contributed by atoms with E-state index >= 15 is 0 Å². The van der Waals surface area contributed by atoms with Crippen LogP contribution in [0.2, 0.25) is 0 Å². The fourth-order valence-corrected chi connectivity index (χ4v) is 3.75. The molecule has 3 rings (SSSR count). The molecule has 1 aromatic rings. The Balaban J connectivity index is 1.86. The minimum Gasteiger partial charge on any atom is -0.342 e. The predicted molar refractivity (Wildman–Crippen MR) is 98.9 cm³/mol. The summed E-state index contributed by atoms with van der Waals surface area (Å²) in [6, 6.07) is 11.2. The van der Waals surface area contributed by atoms with Gasteiger partial charge in [0, 0.05) is 11.4 Å². The Hall–Kier alpha value is -1.76. The first-order valence-corrected chi connectivity index (χ1v) is 9.03. The van der Waals surface area contributed by atoms with Gasteiger partial charge in [-0.1, -0.05) is 62.4 Å². The molecule has 1 unspecified atom stereocenters. The van der Waals surface area contributed by atoms with Crippen molar-refractivity contribution in [3.05, 3.63) is 72.1 Å². The van der Waals surface area contributed by atoms with Crippen LogP contribution >= 0.6 is 0 Å². The van der Waals surface area contributed by atoms with Crippen LogP contribution in [0.1, 0.15) is 64.0 Å². The maximum atomic E-state index is 4.51. The molecular formula is C22H29N. The average Bonchev–Trinajstić information content (AvgIpc) is 3.37. The molecule has 2 aliphatic rings. The lowest BCUT2D eigenvalue weighted by Crippen LogP contribution is -2.27. The second kappa shape index (κ2) is 6.78. The minimum atomic E-state index is 0.342. The van der Waals surface area contributed by atoms with Crippen molar-refractivity contribution in [2.45, 2.75) is 58.4 Å². The van der Waals surface area contributed by atoms with Gasteiger partial charge >= 0.3 is 0 Å². The van der Waals surface area contributed by atoms with Gasteiger partial charge in [0.15, 0.2) is 0 Å². The first kappa shape index (κ1) is 16.1. The van der Waals surface area contributed by atoms with E-state index < -0.39 is 0 Å². The Morgan fingerprint density at radius 1 is 1.26 bits per heavy atom. The van der Waals surface area contributed by atoms with Crippen LogP contribution < -0.4 is 0 Å². The van der Waals surface area contributed by atoms with Crippen LogP contribution in [0.3, 0.4) is 0 Å². The zero-order chi connectivity index (χ0) is 16.3. The standard InChI is InChI=1S/C22H29N/c1-4-22(15-16-22)17-18(2)23(21-13-9-6-10-14-21)19(3)20-11-7-5-8-12-20/h5-9,11-13,19H,2,4,10,14-17H2,1,3H3. The van der Waals surface area contributed by atoms with Crippen LogP contribution in [0.5, 0.6) is 0 Å². The van der Waals surface area contributed by atoms with Gasteiger partial charge < -0.3 is 4.90 Å². The topological polar surface area (TPSA) is 3.24 Å². The van der Waals surface area contributed by atoms with Crippen LogP contribution in [0.25, 0.3) is 0 Å².